The fourth-order valence-electron chi connectivity index (χ4n) is 3.20. The van der Waals surface area contributed by atoms with Gasteiger partial charge in [0.1, 0.15) is 12.4 Å². The Kier molecular flexibility index (Phi) is 7.37. The molecule has 0 bridgehead atoms. The molecule has 2 amide bonds. The van der Waals surface area contributed by atoms with Gasteiger partial charge < -0.3 is 19.9 Å². The maximum atomic E-state index is 13.9. The van der Waals surface area contributed by atoms with Gasteiger partial charge >= 0.3 is 5.97 Å². The minimum Gasteiger partial charge on any atom is -0.454 e. The number of rotatable bonds is 7. The number of amides is 2. The van der Waals surface area contributed by atoms with Gasteiger partial charge in [0.15, 0.2) is 6.61 Å². The van der Waals surface area contributed by atoms with Crippen molar-refractivity contribution in [1.29, 1.82) is 0 Å². The zero-order valence-electron chi connectivity index (χ0n) is 16.6. The molecule has 0 saturated carbocycles. The van der Waals surface area contributed by atoms with E-state index in [2.05, 4.69) is 5.32 Å². The molecule has 0 aromatic heterocycles. The molecule has 2 aromatic carbocycles. The van der Waals surface area contributed by atoms with Crippen molar-refractivity contribution < 1.29 is 23.5 Å². The number of benzene rings is 2. The largest absolute Gasteiger partial charge is 0.454 e. The van der Waals surface area contributed by atoms with E-state index in [1.54, 1.807) is 23.1 Å². The first-order valence-corrected chi connectivity index (χ1v) is 9.76. The van der Waals surface area contributed by atoms with Gasteiger partial charge in [0.2, 0.25) is 5.91 Å². The highest BCUT2D eigenvalue weighted by Gasteiger charge is 2.23. The lowest BCUT2D eigenvalue weighted by atomic mass is 10.1. The van der Waals surface area contributed by atoms with Crippen LogP contribution in [0.15, 0.2) is 54.6 Å². The highest BCUT2D eigenvalue weighted by molar-refractivity contribution is 5.85. The molecule has 1 saturated heterocycles. The van der Waals surface area contributed by atoms with Gasteiger partial charge in [-0.3, -0.25) is 14.4 Å². The lowest BCUT2D eigenvalue weighted by molar-refractivity contribution is -0.151. The van der Waals surface area contributed by atoms with Crippen molar-refractivity contribution in [3.05, 3.63) is 66.0 Å². The average molecular weight is 413 g/mol. The second-order valence-electron chi connectivity index (χ2n) is 6.92. The number of nitrogens with zero attached hydrogens (tertiary/aromatic N) is 2. The number of anilines is 1. The predicted molar refractivity (Wildman–Crippen MR) is 109 cm³/mol. The summed E-state index contributed by atoms with van der Waals surface area (Å²) in [5.41, 5.74) is 1.36. The van der Waals surface area contributed by atoms with Gasteiger partial charge in [0, 0.05) is 26.2 Å². The summed E-state index contributed by atoms with van der Waals surface area (Å²) in [5, 5.41) is 2.48. The molecular formula is C22H24FN3O4. The Balaban J connectivity index is 1.35. The van der Waals surface area contributed by atoms with Gasteiger partial charge in [0.25, 0.3) is 5.91 Å². The summed E-state index contributed by atoms with van der Waals surface area (Å²) in [6, 6.07) is 15.7. The Labute approximate surface area is 174 Å². The number of carbonyl (C=O) groups excluding carboxylic acids is 3. The van der Waals surface area contributed by atoms with Crippen LogP contribution in [0.4, 0.5) is 10.1 Å². The summed E-state index contributed by atoms with van der Waals surface area (Å²) in [5.74, 6) is -1.57. The maximum absolute atomic E-state index is 13.9. The number of hydrogen-bond donors (Lipinski definition) is 1. The molecule has 0 unspecified atom stereocenters. The molecule has 0 radical (unpaired) electrons. The first-order valence-electron chi connectivity index (χ1n) is 9.76. The quantitative estimate of drug-likeness (QED) is 0.694. The van der Waals surface area contributed by atoms with Crippen LogP contribution >= 0.6 is 0 Å². The Hall–Kier alpha value is -3.42. The Morgan fingerprint density at radius 3 is 2.30 bits per heavy atom. The fourth-order valence-corrected chi connectivity index (χ4v) is 3.20. The third-order valence-corrected chi connectivity index (χ3v) is 4.82. The lowest BCUT2D eigenvalue weighted by Crippen LogP contribution is -2.50. The molecule has 158 valence electrons. The third kappa shape index (κ3) is 6.04. The second kappa shape index (κ2) is 10.4. The van der Waals surface area contributed by atoms with Gasteiger partial charge in [-0.2, -0.15) is 0 Å². The van der Waals surface area contributed by atoms with E-state index in [9.17, 15) is 18.8 Å². The average Bonchev–Trinajstić information content (AvgIpc) is 2.77. The molecule has 0 atom stereocenters. The van der Waals surface area contributed by atoms with Crippen LogP contribution in [0.3, 0.4) is 0 Å². The van der Waals surface area contributed by atoms with Crippen molar-refractivity contribution in [1.82, 2.24) is 10.2 Å². The maximum Gasteiger partial charge on any atom is 0.325 e. The molecule has 2 aromatic rings. The SMILES string of the molecule is O=C(Cc1ccccc1)NCC(=O)OCC(=O)N1CCN(c2ccccc2F)CC1. The molecule has 0 spiro atoms. The minimum atomic E-state index is -0.672. The number of piperazine rings is 1. The predicted octanol–water partition coefficient (Wildman–Crippen LogP) is 1.38. The number of hydrogen-bond acceptors (Lipinski definition) is 5. The molecule has 30 heavy (non-hydrogen) atoms. The first kappa shape index (κ1) is 21.3. The van der Waals surface area contributed by atoms with Crippen molar-refractivity contribution in [3.8, 4) is 0 Å². The summed E-state index contributed by atoms with van der Waals surface area (Å²) in [4.78, 5) is 39.4. The van der Waals surface area contributed by atoms with E-state index in [-0.39, 0.29) is 37.2 Å². The summed E-state index contributed by atoms with van der Waals surface area (Å²) >= 11 is 0. The fraction of sp³-hybridized carbons (Fsp3) is 0.318. The molecule has 7 nitrogen and oxygen atoms in total. The second-order valence-corrected chi connectivity index (χ2v) is 6.92. The zero-order chi connectivity index (χ0) is 21.3. The molecule has 1 aliphatic rings. The van der Waals surface area contributed by atoms with Crippen molar-refractivity contribution in [2.45, 2.75) is 6.42 Å². The van der Waals surface area contributed by atoms with E-state index in [1.165, 1.54) is 6.07 Å². The molecule has 1 fully saturated rings. The molecule has 1 heterocycles. The first-order chi connectivity index (χ1) is 14.5. The smallest absolute Gasteiger partial charge is 0.325 e. The summed E-state index contributed by atoms with van der Waals surface area (Å²) in [6.07, 6.45) is 0.166. The van der Waals surface area contributed by atoms with Crippen LogP contribution in [0.25, 0.3) is 0 Å². The Bertz CT molecular complexity index is 883. The summed E-state index contributed by atoms with van der Waals surface area (Å²) in [7, 11) is 0. The Morgan fingerprint density at radius 1 is 0.933 bits per heavy atom. The van der Waals surface area contributed by atoms with E-state index in [0.29, 0.717) is 31.9 Å². The number of ether oxygens (including phenoxy) is 1. The van der Waals surface area contributed by atoms with Crippen LogP contribution in [0.2, 0.25) is 0 Å². The van der Waals surface area contributed by atoms with E-state index < -0.39 is 5.97 Å². The van der Waals surface area contributed by atoms with E-state index in [1.807, 2.05) is 35.2 Å². The van der Waals surface area contributed by atoms with Crippen molar-refractivity contribution in [3.63, 3.8) is 0 Å². The highest BCUT2D eigenvalue weighted by atomic mass is 19.1. The van der Waals surface area contributed by atoms with Gasteiger partial charge in [-0.1, -0.05) is 42.5 Å². The summed E-state index contributed by atoms with van der Waals surface area (Å²) in [6.45, 7) is 1.15. The molecule has 1 N–H and O–H groups in total. The number of carbonyl (C=O) groups is 3. The number of para-hydroxylation sites is 1. The molecule has 1 aliphatic heterocycles. The van der Waals surface area contributed by atoms with Crippen LogP contribution in [-0.2, 0) is 25.5 Å². The van der Waals surface area contributed by atoms with Crippen LogP contribution in [0.5, 0.6) is 0 Å². The van der Waals surface area contributed by atoms with Gasteiger partial charge in [-0.05, 0) is 17.7 Å². The topological polar surface area (TPSA) is 78.9 Å². The van der Waals surface area contributed by atoms with E-state index >= 15 is 0 Å². The Morgan fingerprint density at radius 2 is 1.60 bits per heavy atom. The molecule has 0 aliphatic carbocycles. The number of esters is 1. The number of halogens is 1. The monoisotopic (exact) mass is 413 g/mol. The van der Waals surface area contributed by atoms with Crippen LogP contribution in [0, 0.1) is 5.82 Å². The third-order valence-electron chi connectivity index (χ3n) is 4.82. The lowest BCUT2D eigenvalue weighted by Gasteiger charge is -2.36. The molecule has 3 rings (SSSR count). The van der Waals surface area contributed by atoms with Crippen LogP contribution in [-0.4, -0.2) is 62.0 Å². The van der Waals surface area contributed by atoms with Gasteiger partial charge in [0.05, 0.1) is 12.1 Å². The van der Waals surface area contributed by atoms with Crippen LogP contribution in [0.1, 0.15) is 5.56 Å². The van der Waals surface area contributed by atoms with E-state index in [4.69, 9.17) is 4.74 Å². The molecular weight excluding hydrogens is 389 g/mol. The van der Waals surface area contributed by atoms with Crippen molar-refractivity contribution in [2.24, 2.45) is 0 Å². The van der Waals surface area contributed by atoms with Gasteiger partial charge in [-0.25, -0.2) is 4.39 Å². The van der Waals surface area contributed by atoms with Crippen LogP contribution < -0.4 is 10.2 Å². The van der Waals surface area contributed by atoms with Gasteiger partial charge in [-0.15, -0.1) is 0 Å². The van der Waals surface area contributed by atoms with E-state index in [0.717, 1.165) is 5.56 Å². The molecule has 8 heteroatoms. The standard InChI is InChI=1S/C22H24FN3O4/c23-18-8-4-5-9-19(18)25-10-12-26(13-11-25)21(28)16-30-22(29)15-24-20(27)14-17-6-2-1-3-7-17/h1-9H,10-16H2,(H,24,27). The normalized spacial score (nSPS) is 13.6. The highest BCUT2D eigenvalue weighted by Crippen LogP contribution is 2.20. The van der Waals surface area contributed by atoms with Crippen molar-refractivity contribution in [2.75, 3.05) is 44.2 Å². The zero-order valence-corrected chi connectivity index (χ0v) is 16.6. The summed E-state index contributed by atoms with van der Waals surface area (Å²) < 4.78 is 18.9. The minimum absolute atomic E-state index is 0.166. The van der Waals surface area contributed by atoms with Crippen molar-refractivity contribution >= 4 is 23.5 Å². The number of nitrogens with one attached hydrogen (secondary N) is 1.